The van der Waals surface area contributed by atoms with Gasteiger partial charge in [-0.05, 0) is 43.5 Å². The first-order chi connectivity index (χ1) is 7.33. The van der Waals surface area contributed by atoms with Crippen LogP contribution >= 0.6 is 0 Å². The van der Waals surface area contributed by atoms with Crippen LogP contribution in [-0.4, -0.2) is 6.54 Å². The highest BCUT2D eigenvalue weighted by molar-refractivity contribution is 5.78. The summed E-state index contributed by atoms with van der Waals surface area (Å²) in [5.41, 5.74) is 6.75. The van der Waals surface area contributed by atoms with Gasteiger partial charge < -0.3 is 10.2 Å². The summed E-state index contributed by atoms with van der Waals surface area (Å²) in [5.74, 6) is -0.154. The Morgan fingerprint density at radius 3 is 2.87 bits per heavy atom. The van der Waals surface area contributed by atoms with Gasteiger partial charge in [0.1, 0.15) is 11.4 Å². The maximum atomic E-state index is 13.8. The zero-order valence-electron chi connectivity index (χ0n) is 8.50. The van der Waals surface area contributed by atoms with Gasteiger partial charge in [0.05, 0.1) is 11.6 Å². The fraction of sp³-hybridized carbons (Fsp3) is 0.333. The lowest BCUT2D eigenvalue weighted by molar-refractivity contribution is 0.600. The van der Waals surface area contributed by atoms with Gasteiger partial charge in [0.25, 0.3) is 0 Å². The van der Waals surface area contributed by atoms with E-state index in [1.807, 2.05) is 6.07 Å². The predicted molar refractivity (Wildman–Crippen MR) is 58.2 cm³/mol. The van der Waals surface area contributed by atoms with E-state index in [4.69, 9.17) is 10.2 Å². The molecule has 0 atom stereocenters. The molecule has 2 N–H and O–H groups in total. The number of nitrogens with two attached hydrogens (primary N) is 1. The standard InChI is InChI=1S/C12H14FNO/c13-12-9(3-1-2-7-14)4-5-11-10(12)6-8-15-11/h4-6,8H,1-3,7,14H2. The molecule has 0 unspecified atom stereocenters. The van der Waals surface area contributed by atoms with Crippen molar-refractivity contribution in [3.05, 3.63) is 35.8 Å². The van der Waals surface area contributed by atoms with Crippen molar-refractivity contribution in [3.8, 4) is 0 Å². The number of unbranched alkanes of at least 4 members (excludes halogenated alkanes) is 1. The molecule has 0 amide bonds. The fourth-order valence-corrected chi connectivity index (χ4v) is 1.71. The molecule has 0 aliphatic carbocycles. The molecule has 2 nitrogen and oxygen atoms in total. The summed E-state index contributed by atoms with van der Waals surface area (Å²) in [6, 6.07) is 5.27. The topological polar surface area (TPSA) is 39.2 Å². The molecule has 1 aromatic carbocycles. The van der Waals surface area contributed by atoms with Gasteiger partial charge in [-0.3, -0.25) is 0 Å². The van der Waals surface area contributed by atoms with Crippen molar-refractivity contribution in [2.45, 2.75) is 19.3 Å². The molecule has 80 valence electrons. The lowest BCUT2D eigenvalue weighted by Crippen LogP contribution is -1.99. The molecule has 0 aliphatic rings. The van der Waals surface area contributed by atoms with Gasteiger partial charge >= 0.3 is 0 Å². The molecule has 2 rings (SSSR count). The van der Waals surface area contributed by atoms with E-state index in [9.17, 15) is 4.39 Å². The first kappa shape index (κ1) is 10.2. The second kappa shape index (κ2) is 4.45. The number of hydrogen-bond acceptors (Lipinski definition) is 2. The lowest BCUT2D eigenvalue weighted by Gasteiger charge is -2.02. The van der Waals surface area contributed by atoms with E-state index in [-0.39, 0.29) is 5.82 Å². The van der Waals surface area contributed by atoms with Crippen LogP contribution in [0.4, 0.5) is 4.39 Å². The average molecular weight is 207 g/mol. The van der Waals surface area contributed by atoms with Gasteiger partial charge in [-0.15, -0.1) is 0 Å². The highest BCUT2D eigenvalue weighted by Crippen LogP contribution is 2.22. The molecule has 0 spiro atoms. The molecule has 0 saturated heterocycles. The Balaban J connectivity index is 2.23. The molecule has 0 radical (unpaired) electrons. The number of rotatable bonds is 4. The van der Waals surface area contributed by atoms with E-state index in [2.05, 4.69) is 0 Å². The molecule has 0 aliphatic heterocycles. The Kier molecular flexibility index (Phi) is 3.02. The number of furan rings is 1. The van der Waals surface area contributed by atoms with Crippen LogP contribution in [0.5, 0.6) is 0 Å². The number of aryl methyl sites for hydroxylation is 1. The summed E-state index contributed by atoms with van der Waals surface area (Å²) in [7, 11) is 0. The average Bonchev–Trinajstić information content (AvgIpc) is 2.70. The summed E-state index contributed by atoms with van der Waals surface area (Å²) < 4.78 is 19.0. The van der Waals surface area contributed by atoms with Crippen molar-refractivity contribution < 1.29 is 8.81 Å². The quantitative estimate of drug-likeness (QED) is 0.783. The van der Waals surface area contributed by atoms with Crippen molar-refractivity contribution in [1.29, 1.82) is 0 Å². The second-order valence-electron chi connectivity index (χ2n) is 3.62. The summed E-state index contributed by atoms with van der Waals surface area (Å²) in [6.07, 6.45) is 4.11. The van der Waals surface area contributed by atoms with Crippen LogP contribution in [0.15, 0.2) is 28.9 Å². The largest absolute Gasteiger partial charge is 0.464 e. The molecule has 3 heteroatoms. The Labute approximate surface area is 87.9 Å². The molecule has 0 bridgehead atoms. The summed E-state index contributed by atoms with van der Waals surface area (Å²) in [5, 5.41) is 0.570. The maximum Gasteiger partial charge on any atom is 0.137 e. The normalized spacial score (nSPS) is 11.1. The van der Waals surface area contributed by atoms with E-state index >= 15 is 0 Å². The summed E-state index contributed by atoms with van der Waals surface area (Å²) in [6.45, 7) is 0.662. The van der Waals surface area contributed by atoms with Crippen LogP contribution in [0.3, 0.4) is 0 Å². The Morgan fingerprint density at radius 1 is 1.20 bits per heavy atom. The Morgan fingerprint density at radius 2 is 2.07 bits per heavy atom. The van der Waals surface area contributed by atoms with Gasteiger partial charge in [-0.1, -0.05) is 6.07 Å². The monoisotopic (exact) mass is 207 g/mol. The second-order valence-corrected chi connectivity index (χ2v) is 3.62. The van der Waals surface area contributed by atoms with Gasteiger partial charge in [0.2, 0.25) is 0 Å². The molecule has 1 heterocycles. The number of benzene rings is 1. The first-order valence-corrected chi connectivity index (χ1v) is 5.17. The molecular formula is C12H14FNO. The Hall–Kier alpha value is -1.35. The van der Waals surface area contributed by atoms with E-state index in [1.165, 1.54) is 6.26 Å². The molecular weight excluding hydrogens is 193 g/mol. The van der Waals surface area contributed by atoms with E-state index in [0.29, 0.717) is 17.5 Å². The number of halogens is 1. The van der Waals surface area contributed by atoms with Crippen molar-refractivity contribution in [2.75, 3.05) is 6.54 Å². The van der Waals surface area contributed by atoms with Crippen molar-refractivity contribution >= 4 is 11.0 Å². The van der Waals surface area contributed by atoms with Crippen LogP contribution in [0.25, 0.3) is 11.0 Å². The molecule has 15 heavy (non-hydrogen) atoms. The molecule has 0 saturated carbocycles. The van der Waals surface area contributed by atoms with Crippen LogP contribution in [0.2, 0.25) is 0 Å². The maximum absolute atomic E-state index is 13.8. The predicted octanol–water partition coefficient (Wildman–Crippen LogP) is 2.85. The Bertz CT molecular complexity index is 450. The van der Waals surface area contributed by atoms with E-state index in [0.717, 1.165) is 24.8 Å². The van der Waals surface area contributed by atoms with E-state index < -0.39 is 0 Å². The van der Waals surface area contributed by atoms with Crippen molar-refractivity contribution in [3.63, 3.8) is 0 Å². The minimum absolute atomic E-state index is 0.154. The third kappa shape index (κ3) is 2.02. The van der Waals surface area contributed by atoms with Gasteiger partial charge in [0.15, 0.2) is 0 Å². The fourth-order valence-electron chi connectivity index (χ4n) is 1.71. The highest BCUT2D eigenvalue weighted by atomic mass is 19.1. The molecule has 2 aromatic rings. The minimum atomic E-state index is -0.154. The van der Waals surface area contributed by atoms with Crippen molar-refractivity contribution in [1.82, 2.24) is 0 Å². The lowest BCUT2D eigenvalue weighted by atomic mass is 10.1. The SMILES string of the molecule is NCCCCc1ccc2occc2c1F. The van der Waals surface area contributed by atoms with Gasteiger partial charge in [-0.2, -0.15) is 0 Å². The zero-order valence-corrected chi connectivity index (χ0v) is 8.50. The summed E-state index contributed by atoms with van der Waals surface area (Å²) >= 11 is 0. The highest BCUT2D eigenvalue weighted by Gasteiger charge is 2.08. The summed E-state index contributed by atoms with van der Waals surface area (Å²) in [4.78, 5) is 0. The van der Waals surface area contributed by atoms with E-state index in [1.54, 1.807) is 12.1 Å². The first-order valence-electron chi connectivity index (χ1n) is 5.17. The third-order valence-corrected chi connectivity index (χ3v) is 2.55. The van der Waals surface area contributed by atoms with Crippen LogP contribution in [-0.2, 0) is 6.42 Å². The van der Waals surface area contributed by atoms with Gasteiger partial charge in [0, 0.05) is 0 Å². The van der Waals surface area contributed by atoms with Crippen LogP contribution < -0.4 is 5.73 Å². The minimum Gasteiger partial charge on any atom is -0.464 e. The van der Waals surface area contributed by atoms with Crippen molar-refractivity contribution in [2.24, 2.45) is 5.73 Å². The van der Waals surface area contributed by atoms with Gasteiger partial charge in [-0.25, -0.2) is 4.39 Å². The molecule has 1 aromatic heterocycles. The third-order valence-electron chi connectivity index (χ3n) is 2.55. The molecule has 0 fully saturated rings. The van der Waals surface area contributed by atoms with Crippen LogP contribution in [0, 0.1) is 5.82 Å². The number of hydrogen-bond donors (Lipinski definition) is 1. The number of fused-ring (bicyclic) bond motifs is 1. The zero-order chi connectivity index (χ0) is 10.7. The smallest absolute Gasteiger partial charge is 0.137 e. The van der Waals surface area contributed by atoms with Crippen LogP contribution in [0.1, 0.15) is 18.4 Å².